The highest BCUT2D eigenvalue weighted by atomic mass is 16.5. The number of hydrogen-bond donors (Lipinski definition) is 2. The van der Waals surface area contributed by atoms with Crippen LogP contribution in [0.25, 0.3) is 0 Å². The lowest BCUT2D eigenvalue weighted by Gasteiger charge is -2.26. The van der Waals surface area contributed by atoms with Gasteiger partial charge in [0.1, 0.15) is 5.75 Å². The molecule has 2 rings (SSSR count). The molecule has 0 aliphatic heterocycles. The Morgan fingerprint density at radius 2 is 1.94 bits per heavy atom. The van der Waals surface area contributed by atoms with Gasteiger partial charge in [0.05, 0.1) is 13.2 Å². The standard InChI is InChI=1S/C14H22N2O/c1-9-8-12(17-4)10(2)7-11(9)13(16-3)14(15)5-6-14/h7-8,13,16H,5-6,15H2,1-4H3. The zero-order valence-corrected chi connectivity index (χ0v) is 11.1. The highest BCUT2D eigenvalue weighted by Crippen LogP contribution is 2.44. The first-order chi connectivity index (χ1) is 8.01. The minimum Gasteiger partial charge on any atom is -0.496 e. The molecule has 0 amide bonds. The normalized spacial score (nSPS) is 18.9. The summed E-state index contributed by atoms with van der Waals surface area (Å²) in [6.07, 6.45) is 2.20. The van der Waals surface area contributed by atoms with Crippen LogP contribution in [-0.2, 0) is 0 Å². The average Bonchev–Trinajstić information content (AvgIpc) is 3.02. The predicted molar refractivity (Wildman–Crippen MR) is 70.4 cm³/mol. The Hall–Kier alpha value is -1.06. The summed E-state index contributed by atoms with van der Waals surface area (Å²) in [6.45, 7) is 4.19. The first-order valence-corrected chi connectivity index (χ1v) is 6.13. The summed E-state index contributed by atoms with van der Waals surface area (Å²) in [6, 6.07) is 4.54. The Morgan fingerprint density at radius 3 is 2.41 bits per heavy atom. The number of ether oxygens (including phenoxy) is 1. The van der Waals surface area contributed by atoms with Crippen molar-refractivity contribution in [3.8, 4) is 5.75 Å². The predicted octanol–water partition coefficient (Wildman–Crippen LogP) is 2.06. The lowest BCUT2D eigenvalue weighted by atomic mass is 9.92. The summed E-state index contributed by atoms with van der Waals surface area (Å²) in [5.74, 6) is 0.947. The van der Waals surface area contributed by atoms with Gasteiger partial charge in [0.25, 0.3) is 0 Å². The Morgan fingerprint density at radius 1 is 1.29 bits per heavy atom. The van der Waals surface area contributed by atoms with Gasteiger partial charge in [-0.25, -0.2) is 0 Å². The highest BCUT2D eigenvalue weighted by molar-refractivity contribution is 5.44. The van der Waals surface area contributed by atoms with Gasteiger partial charge in [-0.05, 0) is 56.5 Å². The van der Waals surface area contributed by atoms with Crippen molar-refractivity contribution in [2.24, 2.45) is 5.73 Å². The molecule has 3 heteroatoms. The van der Waals surface area contributed by atoms with Gasteiger partial charge in [-0.3, -0.25) is 0 Å². The number of benzene rings is 1. The Kier molecular flexibility index (Phi) is 3.15. The molecule has 3 nitrogen and oxygen atoms in total. The molecule has 1 unspecified atom stereocenters. The topological polar surface area (TPSA) is 47.3 Å². The van der Waals surface area contributed by atoms with Crippen molar-refractivity contribution in [1.82, 2.24) is 5.32 Å². The number of hydrogen-bond acceptors (Lipinski definition) is 3. The SMILES string of the molecule is CNC(c1cc(C)c(OC)cc1C)C1(N)CC1. The van der Waals surface area contributed by atoms with Crippen LogP contribution in [-0.4, -0.2) is 19.7 Å². The first-order valence-electron chi connectivity index (χ1n) is 6.13. The Labute approximate surface area is 103 Å². The van der Waals surface area contributed by atoms with Crippen molar-refractivity contribution in [2.75, 3.05) is 14.2 Å². The minimum absolute atomic E-state index is 0.0550. The van der Waals surface area contributed by atoms with Crippen LogP contribution < -0.4 is 15.8 Å². The van der Waals surface area contributed by atoms with Gasteiger partial charge in [-0.15, -0.1) is 0 Å². The molecule has 1 aliphatic carbocycles. The lowest BCUT2D eigenvalue weighted by Crippen LogP contribution is -2.38. The summed E-state index contributed by atoms with van der Waals surface area (Å²) >= 11 is 0. The molecule has 0 saturated heterocycles. The van der Waals surface area contributed by atoms with Crippen LogP contribution in [0.5, 0.6) is 5.75 Å². The van der Waals surface area contributed by atoms with Crippen molar-refractivity contribution < 1.29 is 4.74 Å². The van der Waals surface area contributed by atoms with Gasteiger partial charge < -0.3 is 15.8 Å². The van der Waals surface area contributed by atoms with Crippen molar-refractivity contribution in [2.45, 2.75) is 38.3 Å². The van der Waals surface area contributed by atoms with Gasteiger partial charge >= 0.3 is 0 Å². The van der Waals surface area contributed by atoms with Gasteiger partial charge in [-0.1, -0.05) is 6.07 Å². The fourth-order valence-corrected chi connectivity index (χ4v) is 2.53. The number of likely N-dealkylation sites (N-methyl/N-ethyl adjacent to an activating group) is 1. The van der Waals surface area contributed by atoms with Gasteiger partial charge in [0.15, 0.2) is 0 Å². The minimum atomic E-state index is -0.0550. The van der Waals surface area contributed by atoms with E-state index in [2.05, 4.69) is 31.3 Å². The molecule has 1 saturated carbocycles. The van der Waals surface area contributed by atoms with Crippen molar-refractivity contribution in [3.05, 3.63) is 28.8 Å². The largest absolute Gasteiger partial charge is 0.496 e. The number of rotatable bonds is 4. The van der Waals surface area contributed by atoms with Crippen LogP contribution in [0.3, 0.4) is 0 Å². The second-order valence-corrected chi connectivity index (χ2v) is 5.13. The molecule has 0 spiro atoms. The lowest BCUT2D eigenvalue weighted by molar-refractivity contribution is 0.409. The van der Waals surface area contributed by atoms with Crippen LogP contribution in [0.2, 0.25) is 0 Å². The Bertz CT molecular complexity index is 424. The van der Waals surface area contributed by atoms with Gasteiger partial charge in [0, 0.05) is 5.54 Å². The van der Waals surface area contributed by atoms with Crippen LogP contribution in [0, 0.1) is 13.8 Å². The number of nitrogens with two attached hydrogens (primary N) is 1. The molecule has 0 bridgehead atoms. The van der Waals surface area contributed by atoms with Crippen molar-refractivity contribution in [3.63, 3.8) is 0 Å². The number of nitrogens with one attached hydrogen (secondary N) is 1. The van der Waals surface area contributed by atoms with Crippen LogP contribution in [0.15, 0.2) is 12.1 Å². The molecular formula is C14H22N2O. The van der Waals surface area contributed by atoms with E-state index in [1.165, 1.54) is 11.1 Å². The second kappa shape index (κ2) is 4.31. The van der Waals surface area contributed by atoms with E-state index in [-0.39, 0.29) is 11.6 Å². The van der Waals surface area contributed by atoms with E-state index in [9.17, 15) is 0 Å². The maximum absolute atomic E-state index is 6.33. The van der Waals surface area contributed by atoms with Gasteiger partial charge in [-0.2, -0.15) is 0 Å². The molecule has 1 fully saturated rings. The molecule has 0 radical (unpaired) electrons. The van der Waals surface area contributed by atoms with E-state index < -0.39 is 0 Å². The molecule has 1 aromatic carbocycles. The number of methoxy groups -OCH3 is 1. The zero-order valence-electron chi connectivity index (χ0n) is 11.1. The quantitative estimate of drug-likeness (QED) is 0.838. The molecule has 94 valence electrons. The van der Waals surface area contributed by atoms with E-state index in [0.717, 1.165) is 24.2 Å². The third kappa shape index (κ3) is 2.17. The smallest absolute Gasteiger partial charge is 0.122 e. The summed E-state index contributed by atoms with van der Waals surface area (Å²) in [5.41, 5.74) is 9.97. The maximum Gasteiger partial charge on any atom is 0.122 e. The third-order valence-electron chi connectivity index (χ3n) is 3.79. The molecule has 1 aromatic rings. The summed E-state index contributed by atoms with van der Waals surface area (Å²) in [4.78, 5) is 0. The second-order valence-electron chi connectivity index (χ2n) is 5.13. The molecule has 1 aliphatic rings. The van der Waals surface area contributed by atoms with E-state index in [0.29, 0.717) is 0 Å². The monoisotopic (exact) mass is 234 g/mol. The first kappa shape index (κ1) is 12.4. The summed E-state index contributed by atoms with van der Waals surface area (Å²) in [7, 11) is 3.69. The van der Waals surface area contributed by atoms with E-state index in [1.807, 2.05) is 7.05 Å². The molecule has 1 atom stereocenters. The van der Waals surface area contributed by atoms with Crippen LogP contribution in [0.1, 0.15) is 35.6 Å². The molecule has 0 aromatic heterocycles. The summed E-state index contributed by atoms with van der Waals surface area (Å²) in [5, 5.41) is 3.36. The number of aryl methyl sites for hydroxylation is 2. The van der Waals surface area contributed by atoms with E-state index >= 15 is 0 Å². The fourth-order valence-electron chi connectivity index (χ4n) is 2.53. The maximum atomic E-state index is 6.33. The third-order valence-corrected chi connectivity index (χ3v) is 3.79. The van der Waals surface area contributed by atoms with Crippen LogP contribution >= 0.6 is 0 Å². The Balaban J connectivity index is 2.40. The fraction of sp³-hybridized carbons (Fsp3) is 0.571. The molecular weight excluding hydrogens is 212 g/mol. The highest BCUT2D eigenvalue weighted by Gasteiger charge is 2.46. The zero-order chi connectivity index (χ0) is 12.6. The molecule has 3 N–H and O–H groups in total. The van der Waals surface area contributed by atoms with E-state index in [1.54, 1.807) is 7.11 Å². The van der Waals surface area contributed by atoms with Crippen molar-refractivity contribution >= 4 is 0 Å². The van der Waals surface area contributed by atoms with Gasteiger partial charge in [0.2, 0.25) is 0 Å². The summed E-state index contributed by atoms with van der Waals surface area (Å²) < 4.78 is 5.34. The van der Waals surface area contributed by atoms with E-state index in [4.69, 9.17) is 10.5 Å². The average molecular weight is 234 g/mol. The van der Waals surface area contributed by atoms with Crippen LogP contribution in [0.4, 0.5) is 0 Å². The van der Waals surface area contributed by atoms with Crippen molar-refractivity contribution in [1.29, 1.82) is 0 Å². The molecule has 17 heavy (non-hydrogen) atoms. The molecule has 0 heterocycles.